The van der Waals surface area contributed by atoms with Crippen LogP contribution in [0, 0.1) is 17.2 Å². The zero-order chi connectivity index (χ0) is 10.4. The van der Waals surface area contributed by atoms with Crippen LogP contribution in [0.3, 0.4) is 0 Å². The lowest BCUT2D eigenvalue weighted by molar-refractivity contribution is 0.185. The van der Waals surface area contributed by atoms with Crippen LogP contribution in [0.4, 0.5) is 0 Å². The fourth-order valence-corrected chi connectivity index (χ4v) is 1.98. The minimum absolute atomic E-state index is 0.501. The third-order valence-corrected chi connectivity index (χ3v) is 3.02. The van der Waals surface area contributed by atoms with Gasteiger partial charge in [0.05, 0.1) is 12.5 Å². The van der Waals surface area contributed by atoms with Crippen LogP contribution in [0.15, 0.2) is 0 Å². The molecule has 0 aliphatic heterocycles. The van der Waals surface area contributed by atoms with Gasteiger partial charge in [-0.15, -0.1) is 0 Å². The molecule has 2 heteroatoms. The van der Waals surface area contributed by atoms with Crippen LogP contribution in [0.2, 0.25) is 0 Å². The van der Waals surface area contributed by atoms with Gasteiger partial charge in [-0.2, -0.15) is 5.26 Å². The molecule has 0 bridgehead atoms. The summed E-state index contributed by atoms with van der Waals surface area (Å²) in [5.74, 6) is 0.939. The molecule has 1 fully saturated rings. The van der Waals surface area contributed by atoms with E-state index in [2.05, 4.69) is 24.8 Å². The smallest absolute Gasteiger partial charge is 0.0638 e. The van der Waals surface area contributed by atoms with E-state index < -0.39 is 0 Å². The van der Waals surface area contributed by atoms with Gasteiger partial charge in [-0.3, -0.25) is 4.90 Å². The highest BCUT2D eigenvalue weighted by atomic mass is 15.2. The molecule has 1 aliphatic carbocycles. The molecule has 1 atom stereocenters. The Morgan fingerprint density at radius 2 is 2.14 bits per heavy atom. The van der Waals surface area contributed by atoms with E-state index in [1.165, 1.54) is 25.8 Å². The normalized spacial score (nSPS) is 18.1. The van der Waals surface area contributed by atoms with Crippen molar-refractivity contribution in [2.24, 2.45) is 5.92 Å². The molecule has 0 heterocycles. The molecule has 0 spiro atoms. The van der Waals surface area contributed by atoms with Gasteiger partial charge < -0.3 is 0 Å². The second-order valence-corrected chi connectivity index (χ2v) is 4.36. The zero-order valence-corrected chi connectivity index (χ0v) is 9.50. The van der Waals surface area contributed by atoms with E-state index in [4.69, 9.17) is 5.26 Å². The minimum Gasteiger partial charge on any atom is -0.299 e. The Bertz CT molecular complexity index is 191. The van der Waals surface area contributed by atoms with Crippen molar-refractivity contribution in [3.8, 4) is 6.07 Å². The Labute approximate surface area is 87.9 Å². The number of hydrogen-bond acceptors (Lipinski definition) is 2. The van der Waals surface area contributed by atoms with Crippen molar-refractivity contribution in [2.45, 2.75) is 52.0 Å². The summed E-state index contributed by atoms with van der Waals surface area (Å²) in [6.07, 6.45) is 5.82. The predicted octanol–water partition coefficient (Wildman–Crippen LogP) is 2.80. The van der Waals surface area contributed by atoms with Gasteiger partial charge >= 0.3 is 0 Å². The molecular formula is C12H22N2. The number of rotatable bonds is 7. The van der Waals surface area contributed by atoms with E-state index in [-0.39, 0.29) is 0 Å². The third kappa shape index (κ3) is 3.67. The van der Waals surface area contributed by atoms with E-state index in [0.29, 0.717) is 12.5 Å². The van der Waals surface area contributed by atoms with E-state index in [0.717, 1.165) is 18.9 Å². The largest absolute Gasteiger partial charge is 0.299 e. The standard InChI is InChI=1S/C12H22N2/c1-3-9-14(10-11-5-6-11)12(4-2)7-8-13/h11-12H,3-7,9-10H2,1-2H3. The van der Waals surface area contributed by atoms with Crippen molar-refractivity contribution in [3.63, 3.8) is 0 Å². The summed E-state index contributed by atoms with van der Waals surface area (Å²) in [6, 6.07) is 2.81. The molecule has 80 valence electrons. The fourth-order valence-electron chi connectivity index (χ4n) is 1.98. The van der Waals surface area contributed by atoms with Gasteiger partial charge in [0.1, 0.15) is 0 Å². The fraction of sp³-hybridized carbons (Fsp3) is 0.917. The lowest BCUT2D eigenvalue weighted by atomic mass is 10.1. The molecule has 0 saturated heterocycles. The van der Waals surface area contributed by atoms with Crippen LogP contribution >= 0.6 is 0 Å². The van der Waals surface area contributed by atoms with Gasteiger partial charge in [-0.1, -0.05) is 13.8 Å². The molecule has 0 radical (unpaired) electrons. The van der Waals surface area contributed by atoms with Gasteiger partial charge in [-0.25, -0.2) is 0 Å². The van der Waals surface area contributed by atoms with Crippen molar-refractivity contribution < 1.29 is 0 Å². The highest BCUT2D eigenvalue weighted by Gasteiger charge is 2.26. The second kappa shape index (κ2) is 6.03. The second-order valence-electron chi connectivity index (χ2n) is 4.36. The van der Waals surface area contributed by atoms with Crippen molar-refractivity contribution in [1.82, 2.24) is 4.90 Å². The lowest BCUT2D eigenvalue weighted by Crippen LogP contribution is -2.36. The van der Waals surface area contributed by atoms with E-state index in [9.17, 15) is 0 Å². The maximum absolute atomic E-state index is 8.76. The molecule has 0 amide bonds. The molecule has 0 aromatic carbocycles. The van der Waals surface area contributed by atoms with E-state index >= 15 is 0 Å². The summed E-state index contributed by atoms with van der Waals surface area (Å²) in [5.41, 5.74) is 0. The molecule has 1 unspecified atom stereocenters. The van der Waals surface area contributed by atoms with Crippen LogP contribution < -0.4 is 0 Å². The van der Waals surface area contributed by atoms with Crippen molar-refractivity contribution >= 4 is 0 Å². The molecule has 1 saturated carbocycles. The van der Waals surface area contributed by atoms with Gasteiger partial charge in [0.15, 0.2) is 0 Å². The Kier molecular flexibility index (Phi) is 4.97. The molecule has 1 aliphatic rings. The third-order valence-electron chi connectivity index (χ3n) is 3.02. The molecule has 1 rings (SSSR count). The lowest BCUT2D eigenvalue weighted by Gasteiger charge is -2.29. The molecule has 0 aromatic rings. The molecule has 0 aromatic heterocycles. The summed E-state index contributed by atoms with van der Waals surface area (Å²) in [5, 5.41) is 8.76. The number of hydrogen-bond donors (Lipinski definition) is 0. The Hall–Kier alpha value is -0.550. The highest BCUT2D eigenvalue weighted by molar-refractivity contribution is 4.85. The van der Waals surface area contributed by atoms with Gasteiger partial charge in [0.2, 0.25) is 0 Å². The minimum atomic E-state index is 0.501. The first-order valence-corrected chi connectivity index (χ1v) is 5.92. The van der Waals surface area contributed by atoms with Crippen LogP contribution in [0.5, 0.6) is 0 Å². The van der Waals surface area contributed by atoms with Crippen LogP contribution in [-0.4, -0.2) is 24.0 Å². The highest BCUT2D eigenvalue weighted by Crippen LogP contribution is 2.30. The van der Waals surface area contributed by atoms with Crippen molar-refractivity contribution in [1.29, 1.82) is 5.26 Å². The first-order chi connectivity index (χ1) is 6.81. The maximum atomic E-state index is 8.76. The maximum Gasteiger partial charge on any atom is 0.0638 e. The van der Waals surface area contributed by atoms with Gasteiger partial charge in [0.25, 0.3) is 0 Å². The Balaban J connectivity index is 2.39. The Morgan fingerprint density at radius 3 is 2.57 bits per heavy atom. The topological polar surface area (TPSA) is 27.0 Å². The van der Waals surface area contributed by atoms with Crippen LogP contribution in [0.25, 0.3) is 0 Å². The van der Waals surface area contributed by atoms with Crippen LogP contribution in [0.1, 0.15) is 46.0 Å². The van der Waals surface area contributed by atoms with Crippen molar-refractivity contribution in [3.05, 3.63) is 0 Å². The molecular weight excluding hydrogens is 172 g/mol. The Morgan fingerprint density at radius 1 is 1.43 bits per heavy atom. The average molecular weight is 194 g/mol. The summed E-state index contributed by atoms with van der Waals surface area (Å²) >= 11 is 0. The summed E-state index contributed by atoms with van der Waals surface area (Å²) in [7, 11) is 0. The predicted molar refractivity (Wildman–Crippen MR) is 58.9 cm³/mol. The zero-order valence-electron chi connectivity index (χ0n) is 9.50. The summed E-state index contributed by atoms with van der Waals surface area (Å²) in [4.78, 5) is 2.53. The number of nitrogens with zero attached hydrogens (tertiary/aromatic N) is 2. The first-order valence-electron chi connectivity index (χ1n) is 5.92. The van der Waals surface area contributed by atoms with Gasteiger partial charge in [0, 0.05) is 12.6 Å². The van der Waals surface area contributed by atoms with Crippen LogP contribution in [-0.2, 0) is 0 Å². The summed E-state index contributed by atoms with van der Waals surface area (Å²) < 4.78 is 0. The van der Waals surface area contributed by atoms with E-state index in [1.807, 2.05) is 0 Å². The van der Waals surface area contributed by atoms with Crippen molar-refractivity contribution in [2.75, 3.05) is 13.1 Å². The quantitative estimate of drug-likeness (QED) is 0.623. The average Bonchev–Trinajstić information content (AvgIpc) is 2.97. The first kappa shape index (κ1) is 11.5. The SMILES string of the molecule is CCCN(CC1CC1)C(CC)CC#N. The number of nitriles is 1. The van der Waals surface area contributed by atoms with Gasteiger partial charge in [-0.05, 0) is 38.1 Å². The molecule has 0 N–H and O–H groups in total. The molecule has 14 heavy (non-hydrogen) atoms. The van der Waals surface area contributed by atoms with E-state index in [1.54, 1.807) is 0 Å². The molecule has 2 nitrogen and oxygen atoms in total. The summed E-state index contributed by atoms with van der Waals surface area (Å²) in [6.45, 7) is 6.81. The monoisotopic (exact) mass is 194 g/mol.